The van der Waals surface area contributed by atoms with Crippen LogP contribution in [0.2, 0.25) is 0 Å². The van der Waals surface area contributed by atoms with Gasteiger partial charge in [0.25, 0.3) is 5.91 Å². The number of rotatable bonds is 2. The van der Waals surface area contributed by atoms with E-state index in [1.54, 1.807) is 12.1 Å². The SMILES string of the molecule is NC(=O)c1c(F)cnc(N)c1-c1ccc(I)cc1. The number of hydrogen-bond donors (Lipinski definition) is 2. The number of amides is 1. The number of carbonyl (C=O) groups excluding carboxylic acids is 1. The number of aromatic nitrogens is 1. The molecule has 4 nitrogen and oxygen atoms in total. The van der Waals surface area contributed by atoms with E-state index in [-0.39, 0.29) is 16.9 Å². The number of hydrogen-bond acceptors (Lipinski definition) is 3. The lowest BCUT2D eigenvalue weighted by molar-refractivity contribution is 0.0997. The van der Waals surface area contributed by atoms with Crippen LogP contribution in [0.4, 0.5) is 10.2 Å². The Morgan fingerprint density at radius 3 is 2.44 bits per heavy atom. The molecule has 0 atom stereocenters. The fourth-order valence-electron chi connectivity index (χ4n) is 1.65. The van der Waals surface area contributed by atoms with Crippen LogP contribution in [-0.2, 0) is 0 Å². The summed E-state index contributed by atoms with van der Waals surface area (Å²) in [5, 5.41) is 0. The number of benzene rings is 1. The van der Waals surface area contributed by atoms with Crippen molar-refractivity contribution in [3.05, 3.63) is 45.4 Å². The molecule has 0 aliphatic heterocycles. The summed E-state index contributed by atoms with van der Waals surface area (Å²) in [5.41, 5.74) is 11.5. The molecule has 0 saturated heterocycles. The first-order valence-electron chi connectivity index (χ1n) is 5.00. The molecule has 4 N–H and O–H groups in total. The van der Waals surface area contributed by atoms with Crippen molar-refractivity contribution in [1.82, 2.24) is 4.98 Å². The molecule has 1 aromatic heterocycles. The lowest BCUT2D eigenvalue weighted by atomic mass is 10.00. The zero-order valence-electron chi connectivity index (χ0n) is 9.15. The van der Waals surface area contributed by atoms with Crippen molar-refractivity contribution in [2.24, 2.45) is 5.73 Å². The second-order valence-corrected chi connectivity index (χ2v) is 4.86. The number of pyridine rings is 1. The summed E-state index contributed by atoms with van der Waals surface area (Å²) < 4.78 is 14.6. The van der Waals surface area contributed by atoms with Crippen molar-refractivity contribution in [3.63, 3.8) is 0 Å². The average Bonchev–Trinajstić information content (AvgIpc) is 2.32. The fourth-order valence-corrected chi connectivity index (χ4v) is 2.01. The van der Waals surface area contributed by atoms with Crippen molar-refractivity contribution >= 4 is 34.3 Å². The summed E-state index contributed by atoms with van der Waals surface area (Å²) in [5.74, 6) is -1.56. The molecule has 0 spiro atoms. The van der Waals surface area contributed by atoms with Gasteiger partial charge in [-0.15, -0.1) is 0 Å². The second kappa shape index (κ2) is 4.89. The Kier molecular flexibility index (Phi) is 3.46. The molecule has 1 heterocycles. The molecular weight excluding hydrogens is 348 g/mol. The van der Waals surface area contributed by atoms with Gasteiger partial charge in [0, 0.05) is 9.13 Å². The predicted octanol–water partition coefficient (Wildman–Crippen LogP) is 2.17. The van der Waals surface area contributed by atoms with E-state index in [0.717, 1.165) is 9.77 Å². The molecule has 1 aromatic carbocycles. The van der Waals surface area contributed by atoms with Crippen LogP contribution >= 0.6 is 22.6 Å². The molecule has 18 heavy (non-hydrogen) atoms. The van der Waals surface area contributed by atoms with Gasteiger partial charge in [0.15, 0.2) is 5.82 Å². The molecular formula is C12H9FIN3O. The number of nitrogens with two attached hydrogens (primary N) is 2. The molecule has 2 aromatic rings. The zero-order chi connectivity index (χ0) is 13.3. The number of anilines is 1. The van der Waals surface area contributed by atoms with Gasteiger partial charge in [0.2, 0.25) is 0 Å². The first-order chi connectivity index (χ1) is 8.50. The summed E-state index contributed by atoms with van der Waals surface area (Å²) in [7, 11) is 0. The van der Waals surface area contributed by atoms with Crippen LogP contribution in [0.3, 0.4) is 0 Å². The van der Waals surface area contributed by atoms with E-state index in [1.165, 1.54) is 0 Å². The quantitative estimate of drug-likeness (QED) is 0.809. The molecule has 0 aliphatic rings. The smallest absolute Gasteiger partial charge is 0.252 e. The maximum Gasteiger partial charge on any atom is 0.252 e. The second-order valence-electron chi connectivity index (χ2n) is 3.61. The summed E-state index contributed by atoms with van der Waals surface area (Å²) in [6, 6.07) is 7.12. The highest BCUT2D eigenvalue weighted by molar-refractivity contribution is 14.1. The van der Waals surface area contributed by atoms with Crippen LogP contribution in [0.1, 0.15) is 10.4 Å². The van der Waals surface area contributed by atoms with E-state index >= 15 is 0 Å². The molecule has 92 valence electrons. The topological polar surface area (TPSA) is 82.0 Å². The number of carbonyl (C=O) groups is 1. The van der Waals surface area contributed by atoms with E-state index in [4.69, 9.17) is 11.5 Å². The molecule has 6 heteroatoms. The number of primary amides is 1. The lowest BCUT2D eigenvalue weighted by Crippen LogP contribution is -2.16. The average molecular weight is 357 g/mol. The van der Waals surface area contributed by atoms with Gasteiger partial charge in [-0.2, -0.15) is 0 Å². The maximum absolute atomic E-state index is 13.6. The predicted molar refractivity (Wildman–Crippen MR) is 75.3 cm³/mol. The Balaban J connectivity index is 2.73. The Morgan fingerprint density at radius 1 is 1.28 bits per heavy atom. The van der Waals surface area contributed by atoms with E-state index < -0.39 is 11.7 Å². The van der Waals surface area contributed by atoms with Crippen molar-refractivity contribution in [3.8, 4) is 11.1 Å². The lowest BCUT2D eigenvalue weighted by Gasteiger charge is -2.10. The van der Waals surface area contributed by atoms with Crippen molar-refractivity contribution in [2.45, 2.75) is 0 Å². The summed E-state index contributed by atoms with van der Waals surface area (Å²) in [6.45, 7) is 0. The third kappa shape index (κ3) is 2.28. The van der Waals surface area contributed by atoms with Gasteiger partial charge < -0.3 is 11.5 Å². The molecule has 1 amide bonds. The van der Waals surface area contributed by atoms with E-state index in [0.29, 0.717) is 5.56 Å². The number of halogens is 2. The summed E-state index contributed by atoms with van der Waals surface area (Å²) in [4.78, 5) is 15.0. The fraction of sp³-hybridized carbons (Fsp3) is 0. The van der Waals surface area contributed by atoms with Crippen LogP contribution in [0.25, 0.3) is 11.1 Å². The van der Waals surface area contributed by atoms with Crippen molar-refractivity contribution in [2.75, 3.05) is 5.73 Å². The minimum Gasteiger partial charge on any atom is -0.383 e. The minimum atomic E-state index is -0.866. The normalized spacial score (nSPS) is 10.3. The largest absolute Gasteiger partial charge is 0.383 e. The third-order valence-corrected chi connectivity index (χ3v) is 3.16. The molecule has 0 radical (unpaired) electrons. The zero-order valence-corrected chi connectivity index (χ0v) is 11.3. The van der Waals surface area contributed by atoms with Crippen LogP contribution in [0.5, 0.6) is 0 Å². The number of nitrogens with zero attached hydrogens (tertiary/aromatic N) is 1. The molecule has 2 rings (SSSR count). The van der Waals surface area contributed by atoms with Crippen molar-refractivity contribution in [1.29, 1.82) is 0 Å². The van der Waals surface area contributed by atoms with Gasteiger partial charge in [-0.25, -0.2) is 9.37 Å². The van der Waals surface area contributed by atoms with Gasteiger partial charge in [0.05, 0.1) is 11.8 Å². The standard InChI is InChI=1S/C12H9FIN3O/c13-8-5-17-11(15)9(10(8)12(16)18)6-1-3-7(14)4-2-6/h1-5H,(H2,15,17)(H2,16,18). The monoisotopic (exact) mass is 357 g/mol. The maximum atomic E-state index is 13.6. The molecule has 0 bridgehead atoms. The summed E-state index contributed by atoms with van der Waals surface area (Å²) >= 11 is 2.14. The van der Waals surface area contributed by atoms with E-state index in [1.807, 2.05) is 12.1 Å². The van der Waals surface area contributed by atoms with Crippen LogP contribution in [-0.4, -0.2) is 10.9 Å². The van der Waals surface area contributed by atoms with Gasteiger partial charge >= 0.3 is 0 Å². The first kappa shape index (κ1) is 12.7. The van der Waals surface area contributed by atoms with Crippen LogP contribution < -0.4 is 11.5 Å². The highest BCUT2D eigenvalue weighted by atomic mass is 127. The van der Waals surface area contributed by atoms with E-state index in [2.05, 4.69) is 27.6 Å². The Hall–Kier alpha value is -1.70. The van der Waals surface area contributed by atoms with Crippen molar-refractivity contribution < 1.29 is 9.18 Å². The Morgan fingerprint density at radius 2 is 1.89 bits per heavy atom. The third-order valence-electron chi connectivity index (χ3n) is 2.44. The summed E-state index contributed by atoms with van der Waals surface area (Å²) in [6.07, 6.45) is 0.894. The van der Waals surface area contributed by atoms with Gasteiger partial charge in [-0.1, -0.05) is 12.1 Å². The Bertz CT molecular complexity index is 613. The Labute approximate surface area is 116 Å². The van der Waals surface area contributed by atoms with Gasteiger partial charge in [-0.05, 0) is 40.3 Å². The molecule has 0 fully saturated rings. The number of nitrogen functional groups attached to an aromatic ring is 1. The molecule has 0 saturated carbocycles. The van der Waals surface area contributed by atoms with Crippen LogP contribution in [0.15, 0.2) is 30.5 Å². The highest BCUT2D eigenvalue weighted by Crippen LogP contribution is 2.30. The highest BCUT2D eigenvalue weighted by Gasteiger charge is 2.19. The molecule has 0 aliphatic carbocycles. The molecule has 0 unspecified atom stereocenters. The van der Waals surface area contributed by atoms with Crippen LogP contribution in [0, 0.1) is 9.39 Å². The van der Waals surface area contributed by atoms with Gasteiger partial charge in [-0.3, -0.25) is 4.79 Å². The van der Waals surface area contributed by atoms with E-state index in [9.17, 15) is 9.18 Å². The van der Waals surface area contributed by atoms with Gasteiger partial charge in [0.1, 0.15) is 5.82 Å². The minimum absolute atomic E-state index is 0.0754. The first-order valence-corrected chi connectivity index (χ1v) is 6.08.